The average molecular weight is 445 g/mol. The summed E-state index contributed by atoms with van der Waals surface area (Å²) in [6.45, 7) is 4.76. The maximum atomic E-state index is 11.7. The van der Waals surface area contributed by atoms with E-state index in [0.29, 0.717) is 13.0 Å². The van der Waals surface area contributed by atoms with E-state index in [1.165, 1.54) is 29.4 Å². The zero-order chi connectivity index (χ0) is 23.2. The Morgan fingerprint density at radius 3 is 2.48 bits per heavy atom. The molecule has 0 amide bonds. The van der Waals surface area contributed by atoms with Crippen LogP contribution in [0, 0.1) is 0 Å². The van der Waals surface area contributed by atoms with Crippen LogP contribution in [-0.2, 0) is 16.0 Å². The number of fused-ring (bicyclic) bond motifs is 1. The predicted molar refractivity (Wildman–Crippen MR) is 131 cm³/mol. The second-order valence-electron chi connectivity index (χ2n) is 8.47. The molecule has 0 radical (unpaired) electrons. The quantitative estimate of drug-likeness (QED) is 0.338. The Bertz CT molecular complexity index is 1090. The van der Waals surface area contributed by atoms with Gasteiger partial charge in [-0.15, -0.1) is 0 Å². The molecule has 0 heterocycles. The number of hydrogen-bond donors (Lipinski definition) is 0. The number of rotatable bonds is 9. The van der Waals surface area contributed by atoms with Gasteiger partial charge in [0.1, 0.15) is 17.6 Å². The Morgan fingerprint density at radius 2 is 1.76 bits per heavy atom. The average Bonchev–Trinajstić information content (AvgIpc) is 3.25. The van der Waals surface area contributed by atoms with Crippen LogP contribution in [0.3, 0.4) is 0 Å². The lowest BCUT2D eigenvalue weighted by atomic mass is 9.93. The van der Waals surface area contributed by atoms with Gasteiger partial charge in [0.05, 0.1) is 20.1 Å². The third-order valence-electron chi connectivity index (χ3n) is 6.41. The molecule has 33 heavy (non-hydrogen) atoms. The molecule has 0 fully saturated rings. The molecule has 0 N–H and O–H groups in total. The molecule has 1 unspecified atom stereocenters. The zero-order valence-corrected chi connectivity index (χ0v) is 19.7. The van der Waals surface area contributed by atoms with Crippen LogP contribution in [0.2, 0.25) is 0 Å². The van der Waals surface area contributed by atoms with Gasteiger partial charge in [-0.05, 0) is 84.2 Å². The van der Waals surface area contributed by atoms with Gasteiger partial charge < -0.3 is 14.2 Å². The van der Waals surface area contributed by atoms with E-state index in [1.54, 1.807) is 0 Å². The van der Waals surface area contributed by atoms with Crippen molar-refractivity contribution in [2.75, 3.05) is 13.7 Å². The van der Waals surface area contributed by atoms with E-state index in [-0.39, 0.29) is 18.0 Å². The summed E-state index contributed by atoms with van der Waals surface area (Å²) < 4.78 is 16.8. The van der Waals surface area contributed by atoms with E-state index in [1.807, 2.05) is 31.2 Å². The van der Waals surface area contributed by atoms with Crippen LogP contribution in [0.1, 0.15) is 61.8 Å². The van der Waals surface area contributed by atoms with Gasteiger partial charge in [0.15, 0.2) is 0 Å². The van der Waals surface area contributed by atoms with Gasteiger partial charge in [-0.25, -0.2) is 0 Å². The molecule has 4 rings (SSSR count). The van der Waals surface area contributed by atoms with Crippen molar-refractivity contribution in [3.8, 4) is 22.6 Å². The summed E-state index contributed by atoms with van der Waals surface area (Å²) >= 11 is 0. The molecule has 3 aromatic rings. The highest BCUT2D eigenvalue weighted by Gasteiger charge is 2.25. The second kappa shape index (κ2) is 10.6. The normalized spacial score (nSPS) is 15.5. The van der Waals surface area contributed by atoms with Crippen LogP contribution in [-0.4, -0.2) is 19.7 Å². The number of methoxy groups -OCH3 is 1. The third-order valence-corrected chi connectivity index (χ3v) is 6.41. The monoisotopic (exact) mass is 444 g/mol. The van der Waals surface area contributed by atoms with Gasteiger partial charge in [0.25, 0.3) is 0 Å². The molecule has 2 atom stereocenters. The minimum absolute atomic E-state index is 0.0618. The van der Waals surface area contributed by atoms with E-state index in [9.17, 15) is 4.79 Å². The molecular formula is C29H32O4. The van der Waals surface area contributed by atoms with E-state index in [2.05, 4.69) is 49.4 Å². The molecule has 0 spiro atoms. The summed E-state index contributed by atoms with van der Waals surface area (Å²) in [4.78, 5) is 11.7. The second-order valence-corrected chi connectivity index (χ2v) is 8.47. The number of esters is 1. The van der Waals surface area contributed by atoms with Crippen molar-refractivity contribution < 1.29 is 19.0 Å². The first-order valence-electron chi connectivity index (χ1n) is 11.8. The molecule has 0 aliphatic heterocycles. The van der Waals surface area contributed by atoms with Crippen LogP contribution in [0.25, 0.3) is 11.1 Å². The summed E-state index contributed by atoms with van der Waals surface area (Å²) in [6, 6.07) is 23.1. The summed E-state index contributed by atoms with van der Waals surface area (Å²) in [6.07, 6.45) is 3.33. The van der Waals surface area contributed by atoms with Gasteiger partial charge in [-0.3, -0.25) is 4.79 Å². The van der Waals surface area contributed by atoms with Crippen LogP contribution >= 0.6 is 0 Å². The largest absolute Gasteiger partial charge is 0.494 e. The van der Waals surface area contributed by atoms with Crippen molar-refractivity contribution in [2.24, 2.45) is 0 Å². The Hall–Kier alpha value is -3.27. The number of aryl methyl sites for hydroxylation is 1. The molecule has 0 bridgehead atoms. The van der Waals surface area contributed by atoms with Gasteiger partial charge >= 0.3 is 5.97 Å². The van der Waals surface area contributed by atoms with Crippen molar-refractivity contribution >= 4 is 5.97 Å². The van der Waals surface area contributed by atoms with Crippen molar-refractivity contribution in [1.29, 1.82) is 0 Å². The molecule has 0 saturated heterocycles. The fourth-order valence-corrected chi connectivity index (χ4v) is 4.58. The maximum absolute atomic E-state index is 11.7. The van der Waals surface area contributed by atoms with E-state index in [4.69, 9.17) is 14.2 Å². The first-order valence-corrected chi connectivity index (χ1v) is 11.8. The number of ether oxygens (including phenoxy) is 3. The Labute approximate surface area is 196 Å². The maximum Gasteiger partial charge on any atom is 0.306 e. The highest BCUT2D eigenvalue weighted by atomic mass is 16.5. The van der Waals surface area contributed by atoms with Gasteiger partial charge in [0.2, 0.25) is 0 Å². The molecule has 0 aromatic heterocycles. The fraction of sp³-hybridized carbons (Fsp3) is 0.345. The molecule has 172 valence electrons. The number of carbonyl (C=O) groups is 1. The van der Waals surface area contributed by atoms with Crippen LogP contribution in [0.4, 0.5) is 0 Å². The summed E-state index contributed by atoms with van der Waals surface area (Å²) in [5.41, 5.74) is 6.12. The number of hydrogen-bond acceptors (Lipinski definition) is 4. The molecular weight excluding hydrogens is 412 g/mol. The molecule has 1 aliphatic carbocycles. The van der Waals surface area contributed by atoms with Crippen LogP contribution in [0.5, 0.6) is 11.5 Å². The van der Waals surface area contributed by atoms with Crippen LogP contribution in [0.15, 0.2) is 66.7 Å². The lowest BCUT2D eigenvalue weighted by molar-refractivity contribution is -0.141. The van der Waals surface area contributed by atoms with E-state index in [0.717, 1.165) is 36.3 Å². The predicted octanol–water partition coefficient (Wildman–Crippen LogP) is 6.88. The first kappa shape index (κ1) is 22.9. The van der Waals surface area contributed by atoms with Crippen molar-refractivity contribution in [1.82, 2.24) is 0 Å². The third kappa shape index (κ3) is 5.39. The Balaban J connectivity index is 1.45. The van der Waals surface area contributed by atoms with Crippen molar-refractivity contribution in [3.63, 3.8) is 0 Å². The SMILES string of the molecule is CCOc1cccc(-c2ccc3c(c2)CCC3Oc2ccc([C@H](CC)CC(=O)OC)cc2)c1. The van der Waals surface area contributed by atoms with Crippen LogP contribution < -0.4 is 9.47 Å². The summed E-state index contributed by atoms with van der Waals surface area (Å²) in [5.74, 6) is 1.75. The minimum atomic E-state index is -0.172. The fourth-order valence-electron chi connectivity index (χ4n) is 4.58. The molecule has 0 saturated carbocycles. The topological polar surface area (TPSA) is 44.8 Å². The lowest BCUT2D eigenvalue weighted by Crippen LogP contribution is -2.08. The van der Waals surface area contributed by atoms with E-state index < -0.39 is 0 Å². The molecule has 1 aliphatic rings. The van der Waals surface area contributed by atoms with E-state index >= 15 is 0 Å². The first-order chi connectivity index (χ1) is 16.1. The van der Waals surface area contributed by atoms with Gasteiger partial charge in [-0.2, -0.15) is 0 Å². The highest BCUT2D eigenvalue weighted by Crippen LogP contribution is 2.38. The minimum Gasteiger partial charge on any atom is -0.494 e. The molecule has 3 aromatic carbocycles. The Morgan fingerprint density at radius 1 is 0.970 bits per heavy atom. The van der Waals surface area contributed by atoms with Gasteiger partial charge in [-0.1, -0.05) is 49.4 Å². The zero-order valence-electron chi connectivity index (χ0n) is 19.7. The van der Waals surface area contributed by atoms with Crippen molar-refractivity contribution in [3.05, 3.63) is 83.4 Å². The summed E-state index contributed by atoms with van der Waals surface area (Å²) in [7, 11) is 1.44. The summed E-state index contributed by atoms with van der Waals surface area (Å²) in [5, 5.41) is 0. The molecule has 4 heteroatoms. The standard InChI is InChI=1S/C29H32O4/c1-4-20(19-29(30)31-3)21-9-13-25(14-10-21)33-28-16-12-24-17-23(11-15-27(24)28)22-7-6-8-26(18-22)32-5-2/h6-11,13-15,17-18,20,28H,4-5,12,16,19H2,1-3H3/t20-,28?/m1/s1. The van der Waals surface area contributed by atoms with Gasteiger partial charge in [0, 0.05) is 0 Å². The number of benzene rings is 3. The lowest BCUT2D eigenvalue weighted by Gasteiger charge is -2.18. The molecule has 4 nitrogen and oxygen atoms in total. The number of carbonyl (C=O) groups excluding carboxylic acids is 1. The highest BCUT2D eigenvalue weighted by molar-refractivity contribution is 5.70. The Kier molecular flexibility index (Phi) is 7.33. The van der Waals surface area contributed by atoms with Crippen molar-refractivity contribution in [2.45, 2.75) is 51.6 Å². The smallest absolute Gasteiger partial charge is 0.306 e.